The van der Waals surface area contributed by atoms with E-state index in [1.54, 1.807) is 17.0 Å². The number of carbonyl (C=O) groups is 2. The molecular weight excluding hydrogens is 346 g/mol. The number of ether oxygens (including phenoxy) is 2. The molecule has 136 valence electrons. The molecule has 0 saturated heterocycles. The lowest BCUT2D eigenvalue weighted by Gasteiger charge is -2.45. The van der Waals surface area contributed by atoms with Crippen molar-refractivity contribution >= 4 is 23.2 Å². The first-order chi connectivity index (χ1) is 13.2. The van der Waals surface area contributed by atoms with Gasteiger partial charge >= 0.3 is 0 Å². The van der Waals surface area contributed by atoms with Crippen LogP contribution in [0.4, 0.5) is 11.4 Å². The maximum Gasteiger partial charge on any atom is 0.276 e. The summed E-state index contributed by atoms with van der Waals surface area (Å²) in [6, 6.07) is 11.0. The van der Waals surface area contributed by atoms with Crippen molar-refractivity contribution in [3.8, 4) is 11.5 Å². The Balaban J connectivity index is 1.60. The molecule has 7 heteroatoms. The highest BCUT2D eigenvalue weighted by Crippen LogP contribution is 2.52. The highest BCUT2D eigenvalue weighted by atomic mass is 16.6. The summed E-state index contributed by atoms with van der Waals surface area (Å²) in [5.74, 6) is 0.830. The highest BCUT2D eigenvalue weighted by molar-refractivity contribution is 6.14. The van der Waals surface area contributed by atoms with Crippen molar-refractivity contribution in [2.75, 3.05) is 23.8 Å². The third kappa shape index (κ3) is 1.86. The van der Waals surface area contributed by atoms with E-state index in [2.05, 4.69) is 10.6 Å². The molecule has 7 nitrogen and oxygen atoms in total. The standard InChI is InChI=1S/C20H17N3O4/c24-18-12-3-1-2-4-14(12)22-20(23(18)11-5-6-11)13-9-16-17(27-8-7-26-16)10-15(13)21-19(20)25/h1-4,9-11,22H,5-8H2,(H,21,25)/t20-/m1/s1. The Morgan fingerprint density at radius 2 is 1.74 bits per heavy atom. The summed E-state index contributed by atoms with van der Waals surface area (Å²) in [6.07, 6.45) is 1.79. The molecule has 2 N–H and O–H groups in total. The fraction of sp³-hybridized carbons (Fsp3) is 0.300. The summed E-state index contributed by atoms with van der Waals surface area (Å²) in [6.45, 7) is 0.935. The van der Waals surface area contributed by atoms with Crippen molar-refractivity contribution in [1.29, 1.82) is 0 Å². The third-order valence-electron chi connectivity index (χ3n) is 5.61. The summed E-state index contributed by atoms with van der Waals surface area (Å²) >= 11 is 0. The zero-order chi connectivity index (χ0) is 18.2. The summed E-state index contributed by atoms with van der Waals surface area (Å²) in [5, 5.41) is 6.32. The summed E-state index contributed by atoms with van der Waals surface area (Å²) in [5.41, 5.74) is 1.34. The van der Waals surface area contributed by atoms with Gasteiger partial charge in [-0.15, -0.1) is 0 Å². The number of amides is 2. The molecule has 1 saturated carbocycles. The Labute approximate surface area is 155 Å². The zero-order valence-corrected chi connectivity index (χ0v) is 14.5. The van der Waals surface area contributed by atoms with Crippen LogP contribution in [-0.2, 0) is 10.5 Å². The van der Waals surface area contributed by atoms with Crippen LogP contribution in [0.15, 0.2) is 36.4 Å². The van der Waals surface area contributed by atoms with E-state index < -0.39 is 5.66 Å². The summed E-state index contributed by atoms with van der Waals surface area (Å²) in [7, 11) is 0. The lowest BCUT2D eigenvalue weighted by Crippen LogP contribution is -2.62. The molecule has 1 aliphatic carbocycles. The van der Waals surface area contributed by atoms with Crippen molar-refractivity contribution in [3.05, 3.63) is 47.5 Å². The molecule has 0 aromatic heterocycles. The van der Waals surface area contributed by atoms with E-state index in [1.807, 2.05) is 24.3 Å². The van der Waals surface area contributed by atoms with Crippen LogP contribution in [0.3, 0.4) is 0 Å². The molecule has 3 heterocycles. The van der Waals surface area contributed by atoms with E-state index in [0.717, 1.165) is 12.8 Å². The second-order valence-electron chi connectivity index (χ2n) is 7.28. The molecule has 27 heavy (non-hydrogen) atoms. The lowest BCUT2D eigenvalue weighted by molar-refractivity contribution is -0.125. The van der Waals surface area contributed by atoms with Crippen molar-refractivity contribution in [1.82, 2.24) is 4.90 Å². The van der Waals surface area contributed by atoms with E-state index in [9.17, 15) is 9.59 Å². The van der Waals surface area contributed by atoms with Crippen molar-refractivity contribution in [3.63, 3.8) is 0 Å². The van der Waals surface area contributed by atoms with E-state index >= 15 is 0 Å². The number of nitrogens with zero attached hydrogens (tertiary/aromatic N) is 1. The van der Waals surface area contributed by atoms with E-state index in [0.29, 0.717) is 47.2 Å². The van der Waals surface area contributed by atoms with Gasteiger partial charge in [-0.3, -0.25) is 9.59 Å². The first kappa shape index (κ1) is 14.9. The number of para-hydroxylation sites is 1. The quantitative estimate of drug-likeness (QED) is 0.813. The van der Waals surface area contributed by atoms with Gasteiger partial charge in [0.05, 0.1) is 11.3 Å². The zero-order valence-electron chi connectivity index (χ0n) is 14.5. The number of rotatable bonds is 1. The molecule has 1 spiro atoms. The van der Waals surface area contributed by atoms with Gasteiger partial charge in [-0.1, -0.05) is 12.1 Å². The van der Waals surface area contributed by atoms with Crippen LogP contribution in [0.2, 0.25) is 0 Å². The predicted molar refractivity (Wildman–Crippen MR) is 97.0 cm³/mol. The first-order valence-electron chi connectivity index (χ1n) is 9.15. The molecular formula is C20H17N3O4. The van der Waals surface area contributed by atoms with Gasteiger partial charge in [0.15, 0.2) is 11.5 Å². The number of anilines is 2. The van der Waals surface area contributed by atoms with Gasteiger partial charge in [0.2, 0.25) is 5.66 Å². The Kier molecular flexibility index (Phi) is 2.72. The molecule has 1 atom stereocenters. The van der Waals surface area contributed by atoms with Crippen LogP contribution in [0.25, 0.3) is 0 Å². The number of benzene rings is 2. The molecule has 2 aromatic rings. The average molecular weight is 363 g/mol. The van der Waals surface area contributed by atoms with Crippen LogP contribution in [0, 0.1) is 0 Å². The van der Waals surface area contributed by atoms with Crippen LogP contribution in [-0.4, -0.2) is 36.0 Å². The fourth-order valence-corrected chi connectivity index (χ4v) is 4.28. The molecule has 3 aliphatic heterocycles. The molecule has 2 amide bonds. The second-order valence-corrected chi connectivity index (χ2v) is 7.28. The van der Waals surface area contributed by atoms with Gasteiger partial charge in [-0.05, 0) is 31.0 Å². The lowest BCUT2D eigenvalue weighted by atomic mass is 9.92. The maximum absolute atomic E-state index is 13.4. The number of hydrogen-bond donors (Lipinski definition) is 2. The van der Waals surface area contributed by atoms with Crippen LogP contribution in [0.1, 0.15) is 28.8 Å². The Bertz CT molecular complexity index is 1020. The normalized spacial score (nSPS) is 25.0. The van der Waals surface area contributed by atoms with Crippen molar-refractivity contribution in [2.45, 2.75) is 24.5 Å². The van der Waals surface area contributed by atoms with Gasteiger partial charge in [0, 0.05) is 23.4 Å². The van der Waals surface area contributed by atoms with E-state index in [1.165, 1.54) is 0 Å². The second kappa shape index (κ2) is 4.94. The van der Waals surface area contributed by atoms with Gasteiger partial charge in [-0.2, -0.15) is 0 Å². The van der Waals surface area contributed by atoms with Gasteiger partial charge < -0.3 is 25.0 Å². The SMILES string of the molecule is O=C1c2ccccc2N[C@@]2(C(=O)Nc3cc4c(cc32)OCCO4)N1C1CC1. The summed E-state index contributed by atoms with van der Waals surface area (Å²) < 4.78 is 11.4. The molecule has 0 bridgehead atoms. The number of nitrogens with one attached hydrogen (secondary N) is 2. The van der Waals surface area contributed by atoms with Crippen molar-refractivity contribution < 1.29 is 19.1 Å². The molecule has 2 aromatic carbocycles. The molecule has 4 aliphatic rings. The molecule has 1 fully saturated rings. The number of fused-ring (bicyclic) bond motifs is 4. The summed E-state index contributed by atoms with van der Waals surface area (Å²) in [4.78, 5) is 28.3. The smallest absolute Gasteiger partial charge is 0.276 e. The minimum Gasteiger partial charge on any atom is -0.486 e. The monoisotopic (exact) mass is 363 g/mol. The van der Waals surface area contributed by atoms with Crippen LogP contribution in [0.5, 0.6) is 11.5 Å². The fourth-order valence-electron chi connectivity index (χ4n) is 4.28. The number of carbonyl (C=O) groups excluding carboxylic acids is 2. The molecule has 0 unspecified atom stereocenters. The maximum atomic E-state index is 13.4. The Morgan fingerprint density at radius 1 is 1.00 bits per heavy atom. The van der Waals surface area contributed by atoms with Gasteiger partial charge in [-0.25, -0.2) is 0 Å². The largest absolute Gasteiger partial charge is 0.486 e. The number of hydrogen-bond acceptors (Lipinski definition) is 5. The third-order valence-corrected chi connectivity index (χ3v) is 5.61. The topological polar surface area (TPSA) is 79.9 Å². The predicted octanol–water partition coefficient (Wildman–Crippen LogP) is 2.29. The van der Waals surface area contributed by atoms with Gasteiger partial charge in [0.1, 0.15) is 13.2 Å². The van der Waals surface area contributed by atoms with Crippen molar-refractivity contribution in [2.24, 2.45) is 0 Å². The average Bonchev–Trinajstić information content (AvgIpc) is 3.48. The molecule has 0 radical (unpaired) electrons. The minimum atomic E-state index is -1.27. The van der Waals surface area contributed by atoms with E-state index in [-0.39, 0.29) is 17.9 Å². The molecule has 6 rings (SSSR count). The van der Waals surface area contributed by atoms with E-state index in [4.69, 9.17) is 9.47 Å². The highest BCUT2D eigenvalue weighted by Gasteiger charge is 2.60. The Hall–Kier alpha value is -3.22. The first-order valence-corrected chi connectivity index (χ1v) is 9.15. The minimum absolute atomic E-state index is 0.0447. The van der Waals surface area contributed by atoms with Crippen LogP contribution >= 0.6 is 0 Å². The Morgan fingerprint density at radius 3 is 2.52 bits per heavy atom. The van der Waals surface area contributed by atoms with Gasteiger partial charge in [0.25, 0.3) is 11.8 Å². The van der Waals surface area contributed by atoms with Crippen LogP contribution < -0.4 is 20.1 Å².